The molecule has 0 aliphatic carbocycles. The molecule has 0 spiro atoms. The van der Waals surface area contributed by atoms with Crippen LogP contribution in [-0.2, 0) is 46.0 Å². The van der Waals surface area contributed by atoms with E-state index in [1.54, 1.807) is 0 Å². The number of carbonyl (C=O) groups excluding carboxylic acids is 4. The third-order valence-electron chi connectivity index (χ3n) is 10.00. The number of hydrogen-bond donors (Lipinski definition) is 8. The molecule has 0 radical (unpaired) electrons. The molecule has 26 nitrogen and oxygen atoms in total. The summed E-state index contributed by atoms with van der Waals surface area (Å²) >= 11 is 1.86. The van der Waals surface area contributed by atoms with Crippen molar-refractivity contribution >= 4 is 76.0 Å². The molecule has 3 aliphatic heterocycles. The summed E-state index contributed by atoms with van der Waals surface area (Å²) in [7, 11) is -18.3. The van der Waals surface area contributed by atoms with Gasteiger partial charge in [0.25, 0.3) is 21.2 Å². The molecule has 8 unspecified atom stereocenters. The van der Waals surface area contributed by atoms with Crippen LogP contribution in [0.1, 0.15) is 82.4 Å². The molecular formula is C34H48Li4N9O17P3S. The van der Waals surface area contributed by atoms with Gasteiger partial charge in [-0.3, -0.25) is 37.6 Å². The van der Waals surface area contributed by atoms with Crippen molar-refractivity contribution in [2.24, 2.45) is 0 Å². The zero-order valence-electron chi connectivity index (χ0n) is 38.1. The number of anilines is 1. The van der Waals surface area contributed by atoms with Gasteiger partial charge in [0, 0.05) is 56.0 Å². The number of aliphatic hydroxyl groups excluding tert-OH is 1. The van der Waals surface area contributed by atoms with Crippen LogP contribution in [0.15, 0.2) is 11.0 Å². The van der Waals surface area contributed by atoms with E-state index in [-0.39, 0.29) is 160 Å². The van der Waals surface area contributed by atoms with Crippen molar-refractivity contribution in [2.45, 2.75) is 106 Å². The van der Waals surface area contributed by atoms with E-state index in [0.29, 0.717) is 37.5 Å². The number of carbonyl (C=O) groups is 4. The minimum atomic E-state index is -6.21. The molecule has 5 heterocycles. The molecule has 5 amide bonds. The van der Waals surface area contributed by atoms with E-state index in [9.17, 15) is 62.3 Å². The molecule has 0 saturated carbocycles. The van der Waals surface area contributed by atoms with E-state index in [1.807, 2.05) is 11.8 Å². The average Bonchev–Trinajstić information content (AvgIpc) is 3.95. The number of aromatic nitrogens is 3. The Hall–Kier alpha value is -1.47. The number of nitrogens with two attached hydrogens (primary N) is 1. The number of fused-ring (bicyclic) bond motifs is 2. The number of H-pyrrole nitrogens is 1. The minimum Gasteiger partial charge on any atom is -0.790 e. The fraction of sp³-hybridized carbons (Fsp3) is 0.647. The van der Waals surface area contributed by atoms with Crippen LogP contribution in [0.3, 0.4) is 0 Å². The van der Waals surface area contributed by atoms with Crippen molar-refractivity contribution in [3.63, 3.8) is 0 Å². The standard InChI is InChI=1S/C34H52N9O17P3S.4Li/c35-33-41-31-29(32(48)42-33)20(17-43(31)28-16-22(44)23(58-28)18-57-62(53,54)60-63(55,56)59-61(50,51)52)8-6-14-37-27(47)12-7-15-38-25(45)10-2-1-5-13-36-26(46)11-4-3-9-24-30-21(19-64-24)39-34(49)40-30;;;;/h17,21-24,28,30,44H,1-5,7,9-16,18-19H2,(H,36,46)(H,37,47)(H,38,45)(H,53,54)(H,55,56)(H2,39,40,49)(H2,50,51,52)(H3,35,41,42,48);;;;/q;4*+1/p-4. The Balaban J connectivity index is 0.00000578. The largest absolute Gasteiger partial charge is 1.00 e. The summed E-state index contributed by atoms with van der Waals surface area (Å²) in [6.07, 6.45) is 3.05. The molecule has 3 aliphatic rings. The Bertz CT molecular complexity index is 2310. The number of thioether (sulfide) groups is 1. The van der Waals surface area contributed by atoms with Crippen LogP contribution in [0.2, 0.25) is 0 Å². The summed E-state index contributed by atoms with van der Waals surface area (Å²) in [5, 5.41) is 25.1. The molecule has 9 N–H and O–H groups in total. The number of aliphatic hydroxyl groups is 1. The number of urea groups is 1. The summed E-state index contributed by atoms with van der Waals surface area (Å²) in [6, 6.07) is 0.250. The number of amides is 5. The number of hydrogen-bond acceptors (Lipinski definition) is 20. The Morgan fingerprint density at radius 2 is 1.53 bits per heavy atom. The number of phosphoric acid groups is 3. The van der Waals surface area contributed by atoms with Crippen LogP contribution in [0, 0.1) is 11.8 Å². The average molecular weight is 1010 g/mol. The molecule has 5 rings (SSSR count). The van der Waals surface area contributed by atoms with Crippen LogP contribution >= 0.6 is 35.2 Å². The van der Waals surface area contributed by atoms with Crippen LogP contribution in [0.5, 0.6) is 0 Å². The smallest absolute Gasteiger partial charge is 0.790 e. The predicted octanol–water partition coefficient (Wildman–Crippen LogP) is -14.4. The number of nitrogens with zero attached hydrogens (tertiary/aromatic N) is 2. The van der Waals surface area contributed by atoms with Gasteiger partial charge < -0.3 is 75.4 Å². The molecule has 2 aromatic rings. The fourth-order valence-corrected chi connectivity index (χ4v) is 11.5. The molecule has 34 heteroatoms. The normalized spacial score (nSPS) is 22.2. The van der Waals surface area contributed by atoms with Gasteiger partial charge >= 0.3 is 81.5 Å². The van der Waals surface area contributed by atoms with Gasteiger partial charge in [0.2, 0.25) is 23.7 Å². The second-order valence-corrected chi connectivity index (χ2v) is 20.4. The maximum absolute atomic E-state index is 12.9. The topological polar surface area (TPSA) is 406 Å². The first-order valence-corrected chi connectivity index (χ1v) is 25.5. The maximum atomic E-state index is 12.9. The summed E-state index contributed by atoms with van der Waals surface area (Å²) in [6.45, 7) is -0.364. The number of phosphoric ester groups is 1. The van der Waals surface area contributed by atoms with E-state index < -0.39 is 54.1 Å². The Morgan fingerprint density at radius 1 is 0.897 bits per heavy atom. The molecule has 0 aromatic carbocycles. The predicted molar refractivity (Wildman–Crippen MR) is 218 cm³/mol. The number of aromatic amines is 1. The van der Waals surface area contributed by atoms with Gasteiger partial charge in [-0.25, -0.2) is 9.11 Å². The number of nitrogens with one attached hydrogen (secondary N) is 6. The number of unbranched alkanes of at least 4 members (excludes halogenated alkanes) is 3. The number of rotatable bonds is 24. The zero-order chi connectivity index (χ0) is 46.7. The van der Waals surface area contributed by atoms with Crippen LogP contribution in [0.4, 0.5) is 10.7 Å². The fourth-order valence-electron chi connectivity index (χ4n) is 7.08. The van der Waals surface area contributed by atoms with Crippen LogP contribution in [-0.4, -0.2) is 105 Å². The van der Waals surface area contributed by atoms with E-state index >= 15 is 0 Å². The van der Waals surface area contributed by atoms with Crippen molar-refractivity contribution in [3.8, 4) is 11.8 Å². The first-order chi connectivity index (χ1) is 30.2. The number of ether oxygens (including phenoxy) is 1. The van der Waals surface area contributed by atoms with Crippen molar-refractivity contribution in [3.05, 3.63) is 22.1 Å². The Kier molecular flexibility index (Phi) is 28.4. The van der Waals surface area contributed by atoms with Crippen molar-refractivity contribution in [2.75, 3.05) is 37.7 Å². The van der Waals surface area contributed by atoms with E-state index in [2.05, 4.69) is 61.5 Å². The van der Waals surface area contributed by atoms with Gasteiger partial charge in [-0.2, -0.15) is 16.7 Å². The Morgan fingerprint density at radius 3 is 2.21 bits per heavy atom. The van der Waals surface area contributed by atoms with Crippen LogP contribution < -0.4 is 133 Å². The summed E-state index contributed by atoms with van der Waals surface area (Å²) < 4.78 is 51.9. The van der Waals surface area contributed by atoms with Gasteiger partial charge in [0.15, 0.2) is 5.65 Å². The first kappa shape index (κ1) is 64.5. The van der Waals surface area contributed by atoms with Gasteiger partial charge in [-0.15, -0.1) is 0 Å². The van der Waals surface area contributed by atoms with Gasteiger partial charge in [0.1, 0.15) is 12.3 Å². The molecule has 3 saturated heterocycles. The quantitative estimate of drug-likeness (QED) is 0.0159. The molecule has 3 fully saturated rings. The molecule has 68 heavy (non-hydrogen) atoms. The summed E-state index contributed by atoms with van der Waals surface area (Å²) in [5.41, 5.74) is 5.11. The summed E-state index contributed by atoms with van der Waals surface area (Å²) in [4.78, 5) is 112. The third kappa shape index (κ3) is 20.9. The second kappa shape index (κ2) is 29.9. The van der Waals surface area contributed by atoms with Crippen LogP contribution in [0.25, 0.3) is 11.0 Å². The first-order valence-electron chi connectivity index (χ1n) is 20.1. The second-order valence-electron chi connectivity index (χ2n) is 14.9. The minimum absolute atomic E-state index is 0. The monoisotopic (exact) mass is 1010 g/mol. The molecule has 0 bridgehead atoms. The summed E-state index contributed by atoms with van der Waals surface area (Å²) in [5.74, 6) is 5.59. The molecule has 8 atom stereocenters. The maximum Gasteiger partial charge on any atom is 1.00 e. The molecule has 356 valence electrons. The van der Waals surface area contributed by atoms with Crippen molar-refractivity contribution in [1.29, 1.82) is 0 Å². The molecule has 2 aromatic heterocycles. The van der Waals surface area contributed by atoms with E-state index in [4.69, 9.17) is 10.5 Å². The van der Waals surface area contributed by atoms with Crippen molar-refractivity contribution in [1.82, 2.24) is 41.1 Å². The molecular weight excluding hydrogens is 959 g/mol. The van der Waals surface area contributed by atoms with Gasteiger partial charge in [-0.05, 0) is 32.1 Å². The Labute approximate surface area is 442 Å². The third-order valence-corrected chi connectivity index (χ3v) is 15.2. The van der Waals surface area contributed by atoms with E-state index in [0.717, 1.165) is 37.9 Å². The number of nitrogen functional groups attached to an aromatic ring is 1. The van der Waals surface area contributed by atoms with Gasteiger partial charge in [0.05, 0.1) is 50.1 Å². The van der Waals surface area contributed by atoms with Gasteiger partial charge in [-0.1, -0.05) is 24.7 Å². The van der Waals surface area contributed by atoms with E-state index in [1.165, 1.54) is 10.8 Å². The van der Waals surface area contributed by atoms with Crippen molar-refractivity contribution < 1.29 is 151 Å². The zero-order valence-corrected chi connectivity index (χ0v) is 41.6. The SMILES string of the molecule is Nc1nc2c(c(C#CCNC(=O)CCCNC(=O)CCCCCNC(=O)CCCCC3SCC4NC(=O)NC43)cn2C2CC(O)C(COP(=O)([O-])OP(=O)([O-])OP(=O)([O-])[O-])O2)c(=O)[nH]1.[Li+].[Li+].[Li+].[Li+].